The minimum Gasteiger partial charge on any atom is -0.416 e. The minimum absolute atomic E-state index is 0.512. The molecule has 1 aliphatic heterocycles. The van der Waals surface area contributed by atoms with Crippen LogP contribution in [0.3, 0.4) is 0 Å². The molecular weight excluding hydrogens is 514 g/mol. The van der Waals surface area contributed by atoms with Gasteiger partial charge in [0.2, 0.25) is 11.8 Å². The zero-order chi connectivity index (χ0) is 27.6. The lowest BCUT2D eigenvalue weighted by atomic mass is 9.91. The third-order valence-electron chi connectivity index (χ3n) is 8.35. The molecule has 2 aromatic heterocycles. The zero-order valence-corrected chi connectivity index (χ0v) is 22.5. The van der Waals surface area contributed by atoms with Crippen LogP contribution in [0.5, 0.6) is 0 Å². The maximum Gasteiger partial charge on any atom is 0.248 e. The van der Waals surface area contributed by atoms with E-state index < -0.39 is 0 Å². The Morgan fingerprint density at radius 1 is 0.429 bits per heavy atom. The van der Waals surface area contributed by atoms with Gasteiger partial charge in [0, 0.05) is 33.0 Å². The van der Waals surface area contributed by atoms with Gasteiger partial charge >= 0.3 is 0 Å². The van der Waals surface area contributed by atoms with Crippen molar-refractivity contribution in [1.29, 1.82) is 0 Å². The fraction of sp³-hybridized carbons (Fsp3) is 0. The third kappa shape index (κ3) is 3.36. The Labute approximate surface area is 242 Å². The van der Waals surface area contributed by atoms with Crippen molar-refractivity contribution in [2.24, 2.45) is 0 Å². The van der Waals surface area contributed by atoms with Crippen LogP contribution in [-0.2, 0) is 0 Å². The second kappa shape index (κ2) is 8.88. The molecule has 4 nitrogen and oxygen atoms in total. The van der Waals surface area contributed by atoms with Crippen molar-refractivity contribution in [1.82, 2.24) is 14.8 Å². The standard InChI is InChI=1S/C38H23N3O/c1-2-9-25(10-3-1)37-39-40-38(42-37)26-19-17-24(18-20-26)27-21-22-35-33(23-27)29-12-5-4-11-28(29)31-14-8-15-32-30-13-6-7-16-34(30)41(35)36(31)32/h1-23H. The molecule has 0 saturated heterocycles. The number of hydrogen-bond acceptors (Lipinski definition) is 3. The van der Waals surface area contributed by atoms with Gasteiger partial charge in [-0.15, -0.1) is 10.2 Å². The predicted molar refractivity (Wildman–Crippen MR) is 169 cm³/mol. The second-order valence-corrected chi connectivity index (χ2v) is 10.7. The second-order valence-electron chi connectivity index (χ2n) is 10.7. The maximum absolute atomic E-state index is 5.99. The molecule has 0 N–H and O–H groups in total. The van der Waals surface area contributed by atoms with E-state index >= 15 is 0 Å². The van der Waals surface area contributed by atoms with E-state index in [1.807, 2.05) is 30.3 Å². The van der Waals surface area contributed by atoms with Crippen LogP contribution >= 0.6 is 0 Å². The summed E-state index contributed by atoms with van der Waals surface area (Å²) in [4.78, 5) is 0. The highest BCUT2D eigenvalue weighted by Gasteiger charge is 2.24. The highest BCUT2D eigenvalue weighted by molar-refractivity contribution is 6.16. The molecule has 0 spiro atoms. The molecule has 6 aromatic carbocycles. The molecule has 0 unspecified atom stereocenters. The minimum atomic E-state index is 0.512. The third-order valence-corrected chi connectivity index (χ3v) is 8.35. The van der Waals surface area contributed by atoms with Crippen molar-refractivity contribution in [3.63, 3.8) is 0 Å². The number of rotatable bonds is 3. The topological polar surface area (TPSA) is 43.9 Å². The van der Waals surface area contributed by atoms with Gasteiger partial charge in [-0.25, -0.2) is 0 Å². The van der Waals surface area contributed by atoms with E-state index in [2.05, 4.69) is 124 Å². The summed E-state index contributed by atoms with van der Waals surface area (Å²) < 4.78 is 8.44. The SMILES string of the molecule is c1ccc(-c2nnc(-c3ccc(-c4ccc5c(c4)-c4ccccc4-c4cccc6c7ccccc7n-5c46)cc3)o2)cc1. The van der Waals surface area contributed by atoms with E-state index in [-0.39, 0.29) is 0 Å². The Morgan fingerprint density at radius 2 is 1.02 bits per heavy atom. The number of aromatic nitrogens is 3. The molecule has 4 heteroatoms. The van der Waals surface area contributed by atoms with Crippen molar-refractivity contribution in [3.05, 3.63) is 140 Å². The van der Waals surface area contributed by atoms with E-state index in [1.54, 1.807) is 0 Å². The summed E-state index contributed by atoms with van der Waals surface area (Å²) in [5, 5.41) is 11.1. The van der Waals surface area contributed by atoms with Crippen molar-refractivity contribution < 1.29 is 4.42 Å². The van der Waals surface area contributed by atoms with Gasteiger partial charge in [0.1, 0.15) is 0 Å². The van der Waals surface area contributed by atoms with Gasteiger partial charge < -0.3 is 8.98 Å². The number of fused-ring (bicyclic) bond motifs is 8. The highest BCUT2D eigenvalue weighted by Crippen LogP contribution is 2.47. The van der Waals surface area contributed by atoms with E-state index in [4.69, 9.17) is 4.42 Å². The Kier molecular flexibility index (Phi) is 4.87. The first-order valence-electron chi connectivity index (χ1n) is 14.1. The highest BCUT2D eigenvalue weighted by atomic mass is 16.4. The fourth-order valence-corrected chi connectivity index (χ4v) is 6.41. The molecule has 1 aliphatic rings. The molecule has 0 fully saturated rings. The van der Waals surface area contributed by atoms with Crippen molar-refractivity contribution in [2.45, 2.75) is 0 Å². The lowest BCUT2D eigenvalue weighted by Crippen LogP contribution is -1.96. The van der Waals surface area contributed by atoms with Crippen LogP contribution < -0.4 is 0 Å². The van der Waals surface area contributed by atoms with Gasteiger partial charge in [0.15, 0.2) is 0 Å². The lowest BCUT2D eigenvalue weighted by Gasteiger charge is -2.15. The summed E-state index contributed by atoms with van der Waals surface area (Å²) in [6.07, 6.45) is 0. The van der Waals surface area contributed by atoms with Crippen molar-refractivity contribution in [3.8, 4) is 62.0 Å². The van der Waals surface area contributed by atoms with Crippen LogP contribution in [0.1, 0.15) is 0 Å². The Hall–Kier alpha value is -5.74. The molecule has 0 bridgehead atoms. The monoisotopic (exact) mass is 537 g/mol. The largest absolute Gasteiger partial charge is 0.416 e. The summed E-state index contributed by atoms with van der Waals surface area (Å²) in [6.45, 7) is 0. The molecule has 42 heavy (non-hydrogen) atoms. The van der Waals surface area contributed by atoms with Gasteiger partial charge in [-0.3, -0.25) is 0 Å². The average Bonchev–Trinajstić information content (AvgIpc) is 3.66. The predicted octanol–water partition coefficient (Wildman–Crippen LogP) is 9.82. The van der Waals surface area contributed by atoms with Gasteiger partial charge in [-0.1, -0.05) is 97.1 Å². The Bertz CT molecular complexity index is 2290. The number of para-hydroxylation sites is 2. The van der Waals surface area contributed by atoms with E-state index in [1.165, 1.54) is 49.7 Å². The maximum atomic E-state index is 5.99. The molecule has 0 saturated carbocycles. The van der Waals surface area contributed by atoms with E-state index in [0.29, 0.717) is 11.8 Å². The molecular formula is C38H23N3O. The van der Waals surface area contributed by atoms with Gasteiger partial charge in [-0.05, 0) is 64.7 Å². The number of nitrogens with zero attached hydrogens (tertiary/aromatic N) is 3. The Balaban J connectivity index is 1.18. The Morgan fingerprint density at radius 3 is 1.83 bits per heavy atom. The lowest BCUT2D eigenvalue weighted by molar-refractivity contribution is 0.584. The van der Waals surface area contributed by atoms with Crippen molar-refractivity contribution in [2.75, 3.05) is 0 Å². The van der Waals surface area contributed by atoms with Crippen molar-refractivity contribution >= 4 is 21.8 Å². The van der Waals surface area contributed by atoms with Gasteiger partial charge in [0.05, 0.1) is 16.7 Å². The fourth-order valence-electron chi connectivity index (χ4n) is 6.41. The van der Waals surface area contributed by atoms with Crippen LogP contribution in [0.4, 0.5) is 0 Å². The normalized spacial score (nSPS) is 11.8. The van der Waals surface area contributed by atoms with Crippen LogP contribution in [0.25, 0.3) is 83.8 Å². The zero-order valence-electron chi connectivity index (χ0n) is 22.5. The summed E-state index contributed by atoms with van der Waals surface area (Å²) in [5.41, 5.74) is 12.7. The van der Waals surface area contributed by atoms with Gasteiger partial charge in [-0.2, -0.15) is 0 Å². The number of benzene rings is 6. The first-order valence-corrected chi connectivity index (χ1v) is 14.1. The average molecular weight is 538 g/mol. The van der Waals surface area contributed by atoms with E-state index in [0.717, 1.165) is 22.3 Å². The molecule has 0 amide bonds. The number of hydrogen-bond donors (Lipinski definition) is 0. The smallest absolute Gasteiger partial charge is 0.248 e. The van der Waals surface area contributed by atoms with Crippen LogP contribution in [0.2, 0.25) is 0 Å². The molecule has 8 aromatic rings. The molecule has 0 atom stereocenters. The molecule has 0 radical (unpaired) electrons. The first-order chi connectivity index (χ1) is 20.8. The van der Waals surface area contributed by atoms with Gasteiger partial charge in [0.25, 0.3) is 0 Å². The summed E-state index contributed by atoms with van der Waals surface area (Å²) >= 11 is 0. The quantitative estimate of drug-likeness (QED) is 0.225. The summed E-state index contributed by atoms with van der Waals surface area (Å²) in [7, 11) is 0. The van der Waals surface area contributed by atoms with E-state index in [9.17, 15) is 0 Å². The van der Waals surface area contributed by atoms with Crippen LogP contribution in [0, 0.1) is 0 Å². The molecule has 196 valence electrons. The van der Waals surface area contributed by atoms with Crippen LogP contribution in [-0.4, -0.2) is 14.8 Å². The summed E-state index contributed by atoms with van der Waals surface area (Å²) in [6, 6.07) is 49.2. The molecule has 9 rings (SSSR count). The summed E-state index contributed by atoms with van der Waals surface area (Å²) in [5.74, 6) is 1.03. The molecule has 3 heterocycles. The first kappa shape index (κ1) is 23.0. The molecule has 0 aliphatic carbocycles. The van der Waals surface area contributed by atoms with Crippen LogP contribution in [0.15, 0.2) is 144 Å².